The summed E-state index contributed by atoms with van der Waals surface area (Å²) in [4.78, 5) is 14.4. The Labute approximate surface area is 158 Å². The maximum absolute atomic E-state index is 12.2. The van der Waals surface area contributed by atoms with Crippen molar-refractivity contribution >= 4 is 17.5 Å². The Kier molecular flexibility index (Phi) is 6.55. The lowest BCUT2D eigenvalue weighted by molar-refractivity contribution is -0.123. The van der Waals surface area contributed by atoms with Crippen LogP contribution in [0.1, 0.15) is 17.6 Å². The van der Waals surface area contributed by atoms with Crippen molar-refractivity contribution < 1.29 is 18.7 Å². The van der Waals surface area contributed by atoms with Crippen LogP contribution in [0, 0.1) is 6.92 Å². The van der Waals surface area contributed by atoms with Gasteiger partial charge in [0.25, 0.3) is 5.91 Å². The zero-order chi connectivity index (χ0) is 18.4. The van der Waals surface area contributed by atoms with Crippen LogP contribution in [-0.2, 0) is 9.53 Å². The van der Waals surface area contributed by atoms with Gasteiger partial charge in [0.05, 0.1) is 19.3 Å². The molecule has 0 spiro atoms. The molecular formula is C19H23ClN2O4. The molecule has 1 N–H and O–H groups in total. The molecule has 2 heterocycles. The molecule has 1 aromatic heterocycles. The van der Waals surface area contributed by atoms with Gasteiger partial charge >= 0.3 is 0 Å². The summed E-state index contributed by atoms with van der Waals surface area (Å²) in [5.74, 6) is 2.08. The van der Waals surface area contributed by atoms with Gasteiger partial charge in [0, 0.05) is 24.7 Å². The van der Waals surface area contributed by atoms with Crippen molar-refractivity contribution in [2.24, 2.45) is 0 Å². The molecule has 0 bridgehead atoms. The van der Waals surface area contributed by atoms with Crippen molar-refractivity contribution in [1.82, 2.24) is 10.2 Å². The molecule has 7 heteroatoms. The number of nitrogens with one attached hydrogen (secondary N) is 1. The molecular weight excluding hydrogens is 356 g/mol. The molecule has 26 heavy (non-hydrogen) atoms. The number of benzene rings is 1. The number of nitrogens with zero attached hydrogens (tertiary/aromatic N) is 1. The van der Waals surface area contributed by atoms with Crippen LogP contribution in [0.25, 0.3) is 0 Å². The first kappa shape index (κ1) is 18.8. The molecule has 1 amide bonds. The molecule has 6 nitrogen and oxygen atoms in total. The maximum atomic E-state index is 12.2. The average Bonchev–Trinajstić information content (AvgIpc) is 3.07. The number of ether oxygens (including phenoxy) is 2. The lowest BCUT2D eigenvalue weighted by Crippen LogP contribution is -2.44. The van der Waals surface area contributed by atoms with Gasteiger partial charge in [-0.3, -0.25) is 9.69 Å². The Morgan fingerprint density at radius 3 is 2.81 bits per heavy atom. The minimum Gasteiger partial charge on any atom is -0.484 e. The van der Waals surface area contributed by atoms with Crippen molar-refractivity contribution in [3.05, 3.63) is 52.9 Å². The van der Waals surface area contributed by atoms with Gasteiger partial charge in [-0.2, -0.15) is 0 Å². The van der Waals surface area contributed by atoms with Crippen LogP contribution in [0.3, 0.4) is 0 Å². The van der Waals surface area contributed by atoms with Crippen LogP contribution < -0.4 is 10.1 Å². The normalized spacial score (nSPS) is 16.2. The number of amides is 1. The minimum absolute atomic E-state index is 0.0253. The standard InChI is InChI=1S/C19H23ClN2O4/c1-14-5-6-18(26-14)17(22-7-9-24-10-8-22)12-21-19(23)13-25-16-4-2-3-15(20)11-16/h2-6,11,17H,7-10,12-13H2,1H3,(H,21,23)/t17-/m0/s1. The molecule has 1 fully saturated rings. The zero-order valence-electron chi connectivity index (χ0n) is 14.7. The Bertz CT molecular complexity index is 728. The molecule has 0 radical (unpaired) electrons. The van der Waals surface area contributed by atoms with E-state index in [4.69, 9.17) is 25.5 Å². The number of carbonyl (C=O) groups is 1. The molecule has 1 atom stereocenters. The summed E-state index contributed by atoms with van der Waals surface area (Å²) in [5, 5.41) is 3.51. The number of furan rings is 1. The van der Waals surface area contributed by atoms with Gasteiger partial charge in [0.15, 0.2) is 6.61 Å². The topological polar surface area (TPSA) is 63.9 Å². The first-order valence-electron chi connectivity index (χ1n) is 8.65. The Hall–Kier alpha value is -2.02. The van der Waals surface area contributed by atoms with E-state index >= 15 is 0 Å². The summed E-state index contributed by atoms with van der Waals surface area (Å²) in [6.07, 6.45) is 0. The number of hydrogen-bond acceptors (Lipinski definition) is 5. The number of rotatable bonds is 7. The summed E-state index contributed by atoms with van der Waals surface area (Å²) < 4.78 is 16.7. The second kappa shape index (κ2) is 9.07. The van der Waals surface area contributed by atoms with Gasteiger partial charge < -0.3 is 19.2 Å². The van der Waals surface area contributed by atoms with E-state index in [9.17, 15) is 4.79 Å². The zero-order valence-corrected chi connectivity index (χ0v) is 15.5. The van der Waals surface area contributed by atoms with E-state index in [1.807, 2.05) is 19.1 Å². The van der Waals surface area contributed by atoms with Crippen molar-refractivity contribution in [3.63, 3.8) is 0 Å². The highest BCUT2D eigenvalue weighted by atomic mass is 35.5. The first-order chi connectivity index (χ1) is 12.6. The van der Waals surface area contributed by atoms with Crippen LogP contribution in [0.4, 0.5) is 0 Å². The smallest absolute Gasteiger partial charge is 0.258 e. The van der Waals surface area contributed by atoms with Gasteiger partial charge in [-0.25, -0.2) is 0 Å². The largest absolute Gasteiger partial charge is 0.484 e. The molecule has 2 aromatic rings. The van der Waals surface area contributed by atoms with Gasteiger partial charge in [-0.05, 0) is 37.3 Å². The highest BCUT2D eigenvalue weighted by Crippen LogP contribution is 2.23. The minimum atomic E-state index is -0.188. The quantitative estimate of drug-likeness (QED) is 0.802. The number of carbonyl (C=O) groups excluding carboxylic acids is 1. The third kappa shape index (κ3) is 5.24. The fraction of sp³-hybridized carbons (Fsp3) is 0.421. The summed E-state index contributed by atoms with van der Waals surface area (Å²) in [6.45, 7) is 5.28. The number of halogens is 1. The Balaban J connectivity index is 1.55. The first-order valence-corrected chi connectivity index (χ1v) is 9.03. The average molecular weight is 379 g/mol. The molecule has 3 rings (SSSR count). The van der Waals surface area contributed by atoms with Crippen molar-refractivity contribution in [2.45, 2.75) is 13.0 Å². The van der Waals surface area contributed by atoms with E-state index in [1.165, 1.54) is 0 Å². The Morgan fingerprint density at radius 1 is 1.31 bits per heavy atom. The highest BCUT2D eigenvalue weighted by molar-refractivity contribution is 6.30. The third-order valence-electron chi connectivity index (χ3n) is 4.23. The van der Waals surface area contributed by atoms with Gasteiger partial charge in [-0.1, -0.05) is 17.7 Å². The second-order valence-corrected chi connectivity index (χ2v) is 6.60. The number of hydrogen-bond donors (Lipinski definition) is 1. The van der Waals surface area contributed by atoms with E-state index < -0.39 is 0 Å². The molecule has 1 aliphatic heterocycles. The molecule has 1 aromatic carbocycles. The van der Waals surface area contributed by atoms with Gasteiger partial charge in [0.1, 0.15) is 17.3 Å². The van der Waals surface area contributed by atoms with Crippen LogP contribution >= 0.6 is 11.6 Å². The molecule has 0 unspecified atom stereocenters. The summed E-state index contributed by atoms with van der Waals surface area (Å²) in [5.41, 5.74) is 0. The second-order valence-electron chi connectivity index (χ2n) is 6.16. The molecule has 1 saturated heterocycles. The van der Waals surface area contributed by atoms with Crippen molar-refractivity contribution in [3.8, 4) is 5.75 Å². The molecule has 0 saturated carbocycles. The molecule has 1 aliphatic rings. The van der Waals surface area contributed by atoms with Gasteiger partial charge in [0.2, 0.25) is 0 Å². The number of aryl methyl sites for hydroxylation is 1. The fourth-order valence-corrected chi connectivity index (χ4v) is 3.08. The van der Waals surface area contributed by atoms with Crippen LogP contribution in [0.2, 0.25) is 5.02 Å². The van der Waals surface area contributed by atoms with Crippen LogP contribution in [0.15, 0.2) is 40.8 Å². The van der Waals surface area contributed by atoms with Crippen molar-refractivity contribution in [2.75, 3.05) is 39.5 Å². The molecule has 140 valence electrons. The van der Waals surface area contributed by atoms with Crippen LogP contribution in [0.5, 0.6) is 5.75 Å². The summed E-state index contributed by atoms with van der Waals surface area (Å²) in [7, 11) is 0. The van der Waals surface area contributed by atoms with E-state index in [2.05, 4.69) is 10.2 Å². The maximum Gasteiger partial charge on any atom is 0.258 e. The lowest BCUT2D eigenvalue weighted by Gasteiger charge is -2.33. The predicted molar refractivity (Wildman–Crippen MR) is 98.5 cm³/mol. The van der Waals surface area contributed by atoms with E-state index in [1.54, 1.807) is 24.3 Å². The predicted octanol–water partition coefficient (Wildman–Crippen LogP) is 2.81. The Morgan fingerprint density at radius 2 is 2.12 bits per heavy atom. The van der Waals surface area contributed by atoms with E-state index in [0.29, 0.717) is 30.5 Å². The monoisotopic (exact) mass is 378 g/mol. The van der Waals surface area contributed by atoms with Crippen LogP contribution in [-0.4, -0.2) is 50.3 Å². The third-order valence-corrected chi connectivity index (χ3v) is 4.47. The summed E-state index contributed by atoms with van der Waals surface area (Å²) >= 11 is 5.91. The van der Waals surface area contributed by atoms with E-state index in [0.717, 1.165) is 24.6 Å². The van der Waals surface area contributed by atoms with Crippen molar-refractivity contribution in [1.29, 1.82) is 0 Å². The lowest BCUT2D eigenvalue weighted by atomic mass is 10.1. The fourth-order valence-electron chi connectivity index (χ4n) is 2.90. The van der Waals surface area contributed by atoms with Gasteiger partial charge in [-0.15, -0.1) is 0 Å². The summed E-state index contributed by atoms with van der Waals surface area (Å²) in [6, 6.07) is 10.9. The number of morpholine rings is 1. The SMILES string of the molecule is Cc1ccc([C@H](CNC(=O)COc2cccc(Cl)c2)N2CCOCC2)o1. The highest BCUT2D eigenvalue weighted by Gasteiger charge is 2.25. The molecule has 0 aliphatic carbocycles. The van der Waals surface area contributed by atoms with E-state index in [-0.39, 0.29) is 18.6 Å².